The Morgan fingerprint density at radius 1 is 1.21 bits per heavy atom. The van der Waals surface area contributed by atoms with E-state index in [2.05, 4.69) is 33.5 Å². The third-order valence-corrected chi connectivity index (χ3v) is 4.44. The second-order valence-electron chi connectivity index (χ2n) is 4.61. The summed E-state index contributed by atoms with van der Waals surface area (Å²) >= 11 is 26.1. The summed E-state index contributed by atoms with van der Waals surface area (Å²) in [7, 11) is 0. The minimum Gasteiger partial charge on any atom is -0.486 e. The van der Waals surface area contributed by atoms with E-state index in [0.29, 0.717) is 20.3 Å². The summed E-state index contributed by atoms with van der Waals surface area (Å²) in [4.78, 5) is 11.9. The molecule has 126 valence electrons. The van der Waals surface area contributed by atoms with Crippen molar-refractivity contribution < 1.29 is 9.53 Å². The predicted molar refractivity (Wildman–Crippen MR) is 104 cm³/mol. The number of nitrogens with one attached hydrogen (secondary N) is 1. The lowest BCUT2D eigenvalue weighted by atomic mass is 10.2. The second kappa shape index (κ2) is 8.36. The van der Waals surface area contributed by atoms with Gasteiger partial charge in [-0.2, -0.15) is 0 Å². The SMILES string of the molecule is NC(=S)NC(=O)c1cc(Cl)c(OCc2ccc(Cl)cc2Cl)c(Br)c1. The first-order chi connectivity index (χ1) is 11.3. The minimum absolute atomic E-state index is 0.120. The van der Waals surface area contributed by atoms with Crippen LogP contribution in [0.1, 0.15) is 15.9 Å². The molecule has 0 unspecified atom stereocenters. The Kier molecular flexibility index (Phi) is 6.71. The number of carbonyl (C=O) groups is 1. The number of carbonyl (C=O) groups excluding carboxylic acids is 1. The zero-order valence-corrected chi connectivity index (χ0v) is 16.6. The van der Waals surface area contributed by atoms with Crippen LogP contribution in [0.15, 0.2) is 34.8 Å². The molecule has 2 rings (SSSR count). The normalized spacial score (nSPS) is 10.3. The first-order valence-electron chi connectivity index (χ1n) is 6.44. The predicted octanol–water partition coefficient (Wildman–Crippen LogP) is 4.96. The van der Waals surface area contributed by atoms with Crippen molar-refractivity contribution in [1.82, 2.24) is 5.32 Å². The van der Waals surface area contributed by atoms with Crippen LogP contribution >= 0.6 is 63.0 Å². The van der Waals surface area contributed by atoms with Crippen molar-refractivity contribution in [1.29, 1.82) is 0 Å². The van der Waals surface area contributed by atoms with E-state index in [1.807, 2.05) is 0 Å². The van der Waals surface area contributed by atoms with Crippen LogP contribution in [0, 0.1) is 0 Å². The number of ether oxygens (including phenoxy) is 1. The molecule has 0 saturated carbocycles. The Bertz CT molecular complexity index is 794. The highest BCUT2D eigenvalue weighted by atomic mass is 79.9. The second-order valence-corrected chi connectivity index (χ2v) is 7.16. The molecule has 0 heterocycles. The summed E-state index contributed by atoms with van der Waals surface area (Å²) in [6, 6.07) is 8.11. The third-order valence-electron chi connectivity index (χ3n) is 2.88. The fourth-order valence-corrected chi connectivity index (χ4v) is 3.32. The molecule has 0 bridgehead atoms. The van der Waals surface area contributed by atoms with Crippen LogP contribution in [0.25, 0.3) is 0 Å². The van der Waals surface area contributed by atoms with Crippen molar-refractivity contribution in [3.8, 4) is 5.75 Å². The molecule has 0 saturated heterocycles. The monoisotopic (exact) mass is 466 g/mol. The zero-order chi connectivity index (χ0) is 17.9. The summed E-state index contributed by atoms with van der Waals surface area (Å²) in [5.41, 5.74) is 6.32. The van der Waals surface area contributed by atoms with E-state index < -0.39 is 5.91 Å². The molecular formula is C15H10BrCl3N2O2S. The number of rotatable bonds is 4. The Labute approximate surface area is 167 Å². The molecule has 0 aliphatic rings. The highest BCUT2D eigenvalue weighted by molar-refractivity contribution is 9.10. The Morgan fingerprint density at radius 3 is 2.50 bits per heavy atom. The van der Waals surface area contributed by atoms with E-state index in [-0.39, 0.29) is 22.3 Å². The van der Waals surface area contributed by atoms with Crippen LogP contribution in [0.3, 0.4) is 0 Å². The number of hydrogen-bond donors (Lipinski definition) is 2. The van der Waals surface area contributed by atoms with Gasteiger partial charge in [-0.25, -0.2) is 0 Å². The van der Waals surface area contributed by atoms with Gasteiger partial charge in [0.05, 0.1) is 9.50 Å². The van der Waals surface area contributed by atoms with Crippen LogP contribution in [0.5, 0.6) is 5.75 Å². The van der Waals surface area contributed by atoms with Gasteiger partial charge in [-0.1, -0.05) is 40.9 Å². The van der Waals surface area contributed by atoms with Gasteiger partial charge in [0.25, 0.3) is 5.91 Å². The van der Waals surface area contributed by atoms with E-state index in [1.54, 1.807) is 24.3 Å². The molecule has 24 heavy (non-hydrogen) atoms. The van der Waals surface area contributed by atoms with Crippen LogP contribution < -0.4 is 15.8 Å². The summed E-state index contributed by atoms with van der Waals surface area (Å²) in [5.74, 6) is -0.0769. The van der Waals surface area contributed by atoms with Crippen LogP contribution in [0.4, 0.5) is 0 Å². The highest BCUT2D eigenvalue weighted by Gasteiger charge is 2.15. The summed E-state index contributed by atoms with van der Waals surface area (Å²) in [6.07, 6.45) is 0. The smallest absolute Gasteiger partial charge is 0.257 e. The maximum atomic E-state index is 11.9. The van der Waals surface area contributed by atoms with Gasteiger partial charge >= 0.3 is 0 Å². The molecule has 2 aromatic carbocycles. The lowest BCUT2D eigenvalue weighted by Gasteiger charge is -2.13. The number of hydrogen-bond acceptors (Lipinski definition) is 3. The van der Waals surface area contributed by atoms with E-state index in [4.69, 9.17) is 45.3 Å². The maximum absolute atomic E-state index is 11.9. The molecule has 2 aromatic rings. The fourth-order valence-electron chi connectivity index (χ4n) is 1.80. The van der Waals surface area contributed by atoms with Crippen LogP contribution in [-0.4, -0.2) is 11.0 Å². The average Bonchev–Trinajstić information content (AvgIpc) is 2.47. The first-order valence-corrected chi connectivity index (χ1v) is 8.78. The lowest BCUT2D eigenvalue weighted by Crippen LogP contribution is -2.34. The van der Waals surface area contributed by atoms with E-state index in [1.165, 1.54) is 6.07 Å². The van der Waals surface area contributed by atoms with Crippen LogP contribution in [-0.2, 0) is 6.61 Å². The van der Waals surface area contributed by atoms with Crippen LogP contribution in [0.2, 0.25) is 15.1 Å². The Morgan fingerprint density at radius 2 is 1.92 bits per heavy atom. The van der Waals surface area contributed by atoms with Gasteiger partial charge in [0, 0.05) is 21.2 Å². The number of benzene rings is 2. The number of thiocarbonyl (C=S) groups is 1. The molecule has 1 amide bonds. The summed E-state index contributed by atoms with van der Waals surface area (Å²) in [5, 5.41) is 3.48. The summed E-state index contributed by atoms with van der Waals surface area (Å²) < 4.78 is 6.21. The molecule has 0 aliphatic carbocycles. The average molecular weight is 469 g/mol. The largest absolute Gasteiger partial charge is 0.486 e. The van der Waals surface area contributed by atoms with Crippen molar-refractivity contribution in [3.63, 3.8) is 0 Å². The van der Waals surface area contributed by atoms with Gasteiger partial charge in [-0.3, -0.25) is 10.1 Å². The molecule has 0 atom stereocenters. The van der Waals surface area contributed by atoms with Crippen molar-refractivity contribution >= 4 is 74.0 Å². The number of amides is 1. The van der Waals surface area contributed by atoms with E-state index in [0.717, 1.165) is 5.56 Å². The minimum atomic E-state index is -0.461. The summed E-state index contributed by atoms with van der Waals surface area (Å²) in [6.45, 7) is 0.187. The zero-order valence-electron chi connectivity index (χ0n) is 11.9. The first kappa shape index (κ1) is 19.3. The van der Waals surface area contributed by atoms with E-state index >= 15 is 0 Å². The van der Waals surface area contributed by atoms with Gasteiger partial charge in [0.2, 0.25) is 0 Å². The molecule has 0 fully saturated rings. The lowest BCUT2D eigenvalue weighted by molar-refractivity contribution is 0.0977. The molecule has 0 aliphatic heterocycles. The Hall–Kier alpha value is -1.05. The molecule has 0 radical (unpaired) electrons. The topological polar surface area (TPSA) is 64.3 Å². The molecule has 4 nitrogen and oxygen atoms in total. The third kappa shape index (κ3) is 4.97. The standard InChI is InChI=1S/C15H10BrCl3N2O2S/c16-10-3-8(14(22)21-15(20)24)4-12(19)13(10)23-6-7-1-2-9(17)5-11(7)18/h1-5H,6H2,(H3,20,21,22,24). The van der Waals surface area contributed by atoms with Gasteiger partial charge in [0.15, 0.2) is 10.9 Å². The molecule has 3 N–H and O–H groups in total. The van der Waals surface area contributed by atoms with Gasteiger partial charge in [-0.15, -0.1) is 0 Å². The fraction of sp³-hybridized carbons (Fsp3) is 0.0667. The van der Waals surface area contributed by atoms with Gasteiger partial charge < -0.3 is 10.5 Å². The molecule has 0 spiro atoms. The van der Waals surface area contributed by atoms with Crippen molar-refractivity contribution in [2.75, 3.05) is 0 Å². The Balaban J connectivity index is 2.19. The van der Waals surface area contributed by atoms with Crippen molar-refractivity contribution in [2.45, 2.75) is 6.61 Å². The number of nitrogens with two attached hydrogens (primary N) is 1. The molecule has 0 aromatic heterocycles. The van der Waals surface area contributed by atoms with Crippen molar-refractivity contribution in [3.05, 3.63) is 61.0 Å². The maximum Gasteiger partial charge on any atom is 0.257 e. The molecule has 9 heteroatoms. The van der Waals surface area contributed by atoms with Crippen molar-refractivity contribution in [2.24, 2.45) is 5.73 Å². The highest BCUT2D eigenvalue weighted by Crippen LogP contribution is 2.35. The van der Waals surface area contributed by atoms with Gasteiger partial charge in [0.1, 0.15) is 6.61 Å². The quantitative estimate of drug-likeness (QED) is 0.623. The molecular weight excluding hydrogens is 459 g/mol. The number of halogens is 4. The van der Waals surface area contributed by atoms with E-state index in [9.17, 15) is 4.79 Å². The van der Waals surface area contributed by atoms with Gasteiger partial charge in [-0.05, 0) is 52.4 Å².